The summed E-state index contributed by atoms with van der Waals surface area (Å²) in [6.07, 6.45) is 4.00. The number of aliphatic carboxylic acids is 1. The Kier molecular flexibility index (Phi) is 4.70. The van der Waals surface area contributed by atoms with Crippen LogP contribution in [0.4, 0.5) is 5.69 Å². The molecule has 27 heavy (non-hydrogen) atoms. The van der Waals surface area contributed by atoms with E-state index in [1.165, 1.54) is 5.69 Å². The Morgan fingerprint density at radius 2 is 1.78 bits per heavy atom. The molecule has 5 nitrogen and oxygen atoms in total. The number of carboxylic acids is 1. The number of carbonyl (C=O) groups is 1. The van der Waals surface area contributed by atoms with Gasteiger partial charge in [0.15, 0.2) is 0 Å². The molecule has 1 N–H and O–H groups in total. The lowest BCUT2D eigenvalue weighted by atomic mass is 10.0. The van der Waals surface area contributed by atoms with Crippen LogP contribution in [0.25, 0.3) is 17.3 Å². The summed E-state index contributed by atoms with van der Waals surface area (Å²) in [5, 5.41) is 9.28. The van der Waals surface area contributed by atoms with Crippen molar-refractivity contribution in [3.8, 4) is 11.3 Å². The Morgan fingerprint density at radius 1 is 1.07 bits per heavy atom. The summed E-state index contributed by atoms with van der Waals surface area (Å²) in [4.78, 5) is 20.8. The van der Waals surface area contributed by atoms with Gasteiger partial charge in [0.2, 0.25) is 0 Å². The van der Waals surface area contributed by atoms with Gasteiger partial charge in [0.05, 0.1) is 5.69 Å². The summed E-state index contributed by atoms with van der Waals surface area (Å²) < 4.78 is 0. The van der Waals surface area contributed by atoms with E-state index >= 15 is 0 Å². The van der Waals surface area contributed by atoms with Crippen LogP contribution in [0.2, 0.25) is 0 Å². The summed E-state index contributed by atoms with van der Waals surface area (Å²) in [6, 6.07) is 11.0. The fourth-order valence-electron chi connectivity index (χ4n) is 3.95. The largest absolute Gasteiger partial charge is 0.478 e. The smallest absolute Gasteiger partial charge is 0.331 e. The van der Waals surface area contributed by atoms with Gasteiger partial charge in [-0.05, 0) is 43.7 Å². The van der Waals surface area contributed by atoms with Gasteiger partial charge in [-0.25, -0.2) is 4.79 Å². The van der Waals surface area contributed by atoms with Crippen LogP contribution in [0.3, 0.4) is 0 Å². The number of pyridine rings is 1. The average molecular weight is 363 g/mol. The van der Waals surface area contributed by atoms with Crippen molar-refractivity contribution in [2.45, 2.75) is 26.3 Å². The molecule has 0 unspecified atom stereocenters. The Balaban J connectivity index is 1.55. The van der Waals surface area contributed by atoms with Crippen LogP contribution in [0.5, 0.6) is 0 Å². The van der Waals surface area contributed by atoms with Gasteiger partial charge in [-0.1, -0.05) is 12.1 Å². The molecule has 1 aliphatic carbocycles. The van der Waals surface area contributed by atoms with Gasteiger partial charge < -0.3 is 10.0 Å². The van der Waals surface area contributed by atoms with Crippen LogP contribution in [-0.4, -0.2) is 53.2 Å². The average Bonchev–Trinajstić information content (AvgIpc) is 3.13. The molecule has 1 aromatic heterocycles. The maximum Gasteiger partial charge on any atom is 0.331 e. The lowest BCUT2D eigenvalue weighted by Crippen LogP contribution is -2.48. The van der Waals surface area contributed by atoms with E-state index in [1.54, 1.807) is 12.3 Å². The molecule has 1 fully saturated rings. The first-order valence-corrected chi connectivity index (χ1v) is 9.54. The quantitative estimate of drug-likeness (QED) is 0.903. The highest BCUT2D eigenvalue weighted by molar-refractivity contribution is 5.97. The van der Waals surface area contributed by atoms with Gasteiger partial charge >= 0.3 is 5.97 Å². The van der Waals surface area contributed by atoms with Crippen LogP contribution in [0, 0.1) is 0 Å². The zero-order valence-corrected chi connectivity index (χ0v) is 15.9. The van der Waals surface area contributed by atoms with E-state index in [0.717, 1.165) is 48.6 Å². The minimum Gasteiger partial charge on any atom is -0.478 e. The monoisotopic (exact) mass is 363 g/mol. The first-order valence-electron chi connectivity index (χ1n) is 9.54. The first-order chi connectivity index (χ1) is 13.0. The number of rotatable bonds is 4. The minimum absolute atomic E-state index is 0.430. The number of carboxylic acid groups (broad SMARTS) is 1. The lowest BCUT2D eigenvalue weighted by Gasteiger charge is -2.38. The third-order valence-electron chi connectivity index (χ3n) is 5.61. The summed E-state index contributed by atoms with van der Waals surface area (Å²) in [6.45, 7) is 8.77. The van der Waals surface area contributed by atoms with Crippen LogP contribution in [-0.2, 0) is 11.2 Å². The van der Waals surface area contributed by atoms with Crippen molar-refractivity contribution in [1.82, 2.24) is 9.88 Å². The fourth-order valence-corrected chi connectivity index (χ4v) is 3.95. The number of anilines is 1. The zero-order chi connectivity index (χ0) is 19.0. The molecule has 0 amide bonds. The van der Waals surface area contributed by atoms with E-state index in [1.807, 2.05) is 6.07 Å². The standard InChI is InChI=1S/C22H25N3O2/c1-15(2)24-9-11-25(12-10-24)19-5-3-16(4-6-19)21-20-14-18(22(26)27)13-17(20)7-8-23-21/h3-8,14-15H,9-13H2,1-2H3,(H,26,27). The molecule has 0 radical (unpaired) electrons. The van der Waals surface area contributed by atoms with Crippen molar-refractivity contribution in [3.63, 3.8) is 0 Å². The van der Waals surface area contributed by atoms with E-state index in [0.29, 0.717) is 18.0 Å². The molecule has 0 spiro atoms. The summed E-state index contributed by atoms with van der Waals surface area (Å²) >= 11 is 0. The van der Waals surface area contributed by atoms with Gasteiger partial charge in [-0.3, -0.25) is 9.88 Å². The van der Waals surface area contributed by atoms with Gasteiger partial charge in [0.1, 0.15) is 0 Å². The number of nitrogens with zero attached hydrogens (tertiary/aromatic N) is 3. The van der Waals surface area contributed by atoms with E-state index in [-0.39, 0.29) is 0 Å². The molecule has 0 saturated carbocycles. The molecule has 2 aliphatic rings. The molecular formula is C22H25N3O2. The highest BCUT2D eigenvalue weighted by Crippen LogP contribution is 2.33. The maximum absolute atomic E-state index is 11.3. The van der Waals surface area contributed by atoms with E-state index in [4.69, 9.17) is 0 Å². The van der Waals surface area contributed by atoms with Crippen LogP contribution < -0.4 is 4.90 Å². The predicted molar refractivity (Wildman–Crippen MR) is 108 cm³/mol. The molecular weight excluding hydrogens is 338 g/mol. The Morgan fingerprint density at radius 3 is 2.41 bits per heavy atom. The molecule has 0 bridgehead atoms. The highest BCUT2D eigenvalue weighted by atomic mass is 16.4. The maximum atomic E-state index is 11.3. The summed E-state index contributed by atoms with van der Waals surface area (Å²) in [5.74, 6) is -0.854. The topological polar surface area (TPSA) is 56.7 Å². The van der Waals surface area contributed by atoms with E-state index < -0.39 is 5.97 Å². The third-order valence-corrected chi connectivity index (χ3v) is 5.61. The number of aromatic nitrogens is 1. The number of piperazine rings is 1. The molecule has 1 aliphatic heterocycles. The second-order valence-electron chi connectivity index (χ2n) is 7.55. The number of hydrogen-bond donors (Lipinski definition) is 1. The SMILES string of the molecule is CC(C)N1CCN(c2ccc(-c3nccc4c3C=C(C(=O)O)C4)cc2)CC1. The van der Waals surface area contributed by atoms with Crippen molar-refractivity contribution in [3.05, 3.63) is 53.2 Å². The third kappa shape index (κ3) is 3.47. The number of hydrogen-bond acceptors (Lipinski definition) is 4. The number of fused-ring (bicyclic) bond motifs is 1. The summed E-state index contributed by atoms with van der Waals surface area (Å²) in [7, 11) is 0. The molecule has 2 aromatic rings. The Labute approximate surface area is 159 Å². The highest BCUT2D eigenvalue weighted by Gasteiger charge is 2.22. The Hall–Kier alpha value is -2.66. The van der Waals surface area contributed by atoms with Gasteiger partial charge in [-0.15, -0.1) is 0 Å². The molecule has 0 atom stereocenters. The van der Waals surface area contributed by atoms with Crippen LogP contribution in [0.1, 0.15) is 25.0 Å². The van der Waals surface area contributed by atoms with Crippen molar-refractivity contribution in [1.29, 1.82) is 0 Å². The van der Waals surface area contributed by atoms with Gasteiger partial charge in [0, 0.05) is 67.2 Å². The van der Waals surface area contributed by atoms with Crippen LogP contribution >= 0.6 is 0 Å². The van der Waals surface area contributed by atoms with Crippen molar-refractivity contribution in [2.24, 2.45) is 0 Å². The van der Waals surface area contributed by atoms with Crippen molar-refractivity contribution < 1.29 is 9.90 Å². The van der Waals surface area contributed by atoms with Crippen molar-refractivity contribution in [2.75, 3.05) is 31.1 Å². The van der Waals surface area contributed by atoms with Crippen molar-refractivity contribution >= 4 is 17.7 Å². The van der Waals surface area contributed by atoms with Crippen LogP contribution in [0.15, 0.2) is 42.1 Å². The lowest BCUT2D eigenvalue weighted by molar-refractivity contribution is -0.132. The second kappa shape index (κ2) is 7.16. The molecule has 5 heteroatoms. The minimum atomic E-state index is -0.854. The Bertz CT molecular complexity index is 879. The van der Waals surface area contributed by atoms with E-state index in [9.17, 15) is 9.90 Å². The molecule has 4 rings (SSSR count). The molecule has 140 valence electrons. The molecule has 1 saturated heterocycles. The normalized spacial score (nSPS) is 17.1. The second-order valence-corrected chi connectivity index (χ2v) is 7.55. The van der Waals surface area contributed by atoms with Gasteiger partial charge in [-0.2, -0.15) is 0 Å². The molecule has 2 heterocycles. The van der Waals surface area contributed by atoms with E-state index in [2.05, 4.69) is 52.9 Å². The zero-order valence-electron chi connectivity index (χ0n) is 15.9. The predicted octanol–water partition coefficient (Wildman–Crippen LogP) is 3.30. The number of benzene rings is 1. The van der Waals surface area contributed by atoms with Gasteiger partial charge in [0.25, 0.3) is 0 Å². The fraction of sp³-hybridized carbons (Fsp3) is 0.364. The summed E-state index contributed by atoms with van der Waals surface area (Å²) in [5.41, 5.74) is 5.52. The molecule has 1 aromatic carbocycles. The first kappa shape index (κ1) is 17.7.